The predicted octanol–water partition coefficient (Wildman–Crippen LogP) is 4.18. The van der Waals surface area contributed by atoms with Crippen LogP contribution in [0.15, 0.2) is 63.9 Å². The largest absolute Gasteiger partial charge is 0.493 e. The van der Waals surface area contributed by atoms with Gasteiger partial charge >= 0.3 is 11.7 Å². The highest BCUT2D eigenvalue weighted by Crippen LogP contribution is 2.46. The van der Waals surface area contributed by atoms with Gasteiger partial charge in [-0.15, -0.1) is 5.10 Å². The summed E-state index contributed by atoms with van der Waals surface area (Å²) in [6.45, 7) is -0.571. The van der Waals surface area contributed by atoms with E-state index < -0.39 is 30.5 Å². The molecule has 0 fully saturated rings. The van der Waals surface area contributed by atoms with Gasteiger partial charge in [0.2, 0.25) is 5.89 Å². The van der Waals surface area contributed by atoms with Gasteiger partial charge in [0.25, 0.3) is 0 Å². The first kappa shape index (κ1) is 24.7. The van der Waals surface area contributed by atoms with Gasteiger partial charge in [-0.2, -0.15) is 4.68 Å². The SMILES string of the molecule is COc1cccc([C@H]2O[C@H](CCc3nn(CC(=O)O)c(=O)o3)c3cccn3-c3ccc(Cl)cc32)c1OC. The third-order valence-corrected chi connectivity index (χ3v) is 6.45. The van der Waals surface area contributed by atoms with Crippen molar-refractivity contribution in [2.45, 2.75) is 31.6 Å². The lowest BCUT2D eigenvalue weighted by Gasteiger charge is -2.25. The van der Waals surface area contributed by atoms with E-state index in [4.69, 9.17) is 35.3 Å². The zero-order chi connectivity index (χ0) is 26.1. The predicted molar refractivity (Wildman–Crippen MR) is 133 cm³/mol. The van der Waals surface area contributed by atoms with Gasteiger partial charge in [-0.3, -0.25) is 4.79 Å². The van der Waals surface area contributed by atoms with E-state index >= 15 is 0 Å². The molecule has 2 atom stereocenters. The van der Waals surface area contributed by atoms with E-state index in [0.29, 0.717) is 22.9 Å². The number of methoxy groups -OCH3 is 2. The molecule has 5 rings (SSSR count). The molecule has 0 aliphatic carbocycles. The van der Waals surface area contributed by atoms with Gasteiger partial charge in [-0.1, -0.05) is 23.7 Å². The monoisotopic (exact) mass is 525 g/mol. The molecular formula is C26H24ClN3O7. The minimum atomic E-state index is -1.18. The highest BCUT2D eigenvalue weighted by Gasteiger charge is 2.33. The van der Waals surface area contributed by atoms with E-state index in [1.807, 2.05) is 59.3 Å². The molecule has 10 nitrogen and oxygen atoms in total. The Kier molecular flexibility index (Phi) is 6.77. The first-order valence-corrected chi connectivity index (χ1v) is 11.9. The van der Waals surface area contributed by atoms with Crippen LogP contribution in [0.5, 0.6) is 11.5 Å². The van der Waals surface area contributed by atoms with E-state index in [2.05, 4.69) is 5.10 Å². The van der Waals surface area contributed by atoms with Gasteiger partial charge in [-0.05, 0) is 42.8 Å². The van der Waals surface area contributed by atoms with Crippen LogP contribution in [0.2, 0.25) is 5.02 Å². The van der Waals surface area contributed by atoms with Gasteiger partial charge in [0, 0.05) is 28.8 Å². The molecule has 1 aliphatic rings. The minimum absolute atomic E-state index is 0.133. The second kappa shape index (κ2) is 10.2. The topological polar surface area (TPSA) is 118 Å². The van der Waals surface area contributed by atoms with Crippen molar-refractivity contribution in [3.8, 4) is 17.2 Å². The minimum Gasteiger partial charge on any atom is -0.493 e. The number of aromatic nitrogens is 3. The van der Waals surface area contributed by atoms with E-state index in [1.165, 1.54) is 0 Å². The molecule has 3 heterocycles. The maximum Gasteiger partial charge on any atom is 0.437 e. The van der Waals surface area contributed by atoms with Crippen molar-refractivity contribution in [2.24, 2.45) is 0 Å². The third kappa shape index (κ3) is 4.73. The van der Waals surface area contributed by atoms with Crippen molar-refractivity contribution in [1.82, 2.24) is 14.3 Å². The fraction of sp³-hybridized carbons (Fsp3) is 0.269. The molecule has 2 aromatic carbocycles. The molecule has 1 N–H and O–H groups in total. The van der Waals surface area contributed by atoms with Gasteiger partial charge in [0.05, 0.1) is 31.7 Å². The summed E-state index contributed by atoms with van der Waals surface area (Å²) in [6, 6.07) is 15.1. The van der Waals surface area contributed by atoms with Crippen LogP contribution in [-0.4, -0.2) is 39.6 Å². The average molecular weight is 526 g/mol. The molecule has 0 saturated heterocycles. The number of hydrogen-bond acceptors (Lipinski definition) is 7. The van der Waals surface area contributed by atoms with Crippen molar-refractivity contribution in [3.63, 3.8) is 0 Å². The Morgan fingerprint density at radius 3 is 2.73 bits per heavy atom. The van der Waals surface area contributed by atoms with E-state index in [0.717, 1.165) is 27.2 Å². The molecule has 192 valence electrons. The number of halogens is 1. The van der Waals surface area contributed by atoms with Crippen LogP contribution in [0.4, 0.5) is 0 Å². The van der Waals surface area contributed by atoms with Gasteiger partial charge in [0.15, 0.2) is 11.5 Å². The fourth-order valence-corrected chi connectivity index (χ4v) is 4.83. The van der Waals surface area contributed by atoms with Crippen LogP contribution >= 0.6 is 11.6 Å². The van der Waals surface area contributed by atoms with Crippen molar-refractivity contribution < 1.29 is 28.5 Å². The van der Waals surface area contributed by atoms with Crippen LogP contribution < -0.4 is 15.2 Å². The Labute approximate surface area is 216 Å². The Morgan fingerprint density at radius 2 is 1.97 bits per heavy atom. The second-order valence-corrected chi connectivity index (χ2v) is 8.88. The molecular weight excluding hydrogens is 502 g/mol. The van der Waals surface area contributed by atoms with Crippen molar-refractivity contribution in [1.29, 1.82) is 0 Å². The molecule has 0 spiro atoms. The molecule has 11 heteroatoms. The first-order chi connectivity index (χ1) is 17.9. The summed E-state index contributed by atoms with van der Waals surface area (Å²) >= 11 is 6.43. The lowest BCUT2D eigenvalue weighted by molar-refractivity contribution is -0.138. The third-order valence-electron chi connectivity index (χ3n) is 6.21. The number of fused-ring (bicyclic) bond motifs is 3. The Balaban J connectivity index is 1.56. The first-order valence-electron chi connectivity index (χ1n) is 11.5. The van der Waals surface area contributed by atoms with Crippen molar-refractivity contribution >= 4 is 17.6 Å². The number of aryl methyl sites for hydroxylation is 1. The molecule has 4 aromatic rings. The molecule has 0 amide bonds. The van der Waals surface area contributed by atoms with E-state index in [-0.39, 0.29) is 12.3 Å². The quantitative estimate of drug-likeness (QED) is 0.364. The number of carbonyl (C=O) groups is 1. The summed E-state index contributed by atoms with van der Waals surface area (Å²) in [5, 5.41) is 13.6. The molecule has 37 heavy (non-hydrogen) atoms. The van der Waals surface area contributed by atoms with Crippen LogP contribution in [0.3, 0.4) is 0 Å². The Hall–Kier alpha value is -4.02. The van der Waals surface area contributed by atoms with Crippen LogP contribution in [0.25, 0.3) is 5.69 Å². The number of hydrogen-bond donors (Lipinski definition) is 1. The standard InChI is InChI=1S/C26H24ClN3O7/c1-34-21-7-3-5-16(25(21)35-2)24-17-13-15(27)8-9-18(17)29-12-4-6-19(29)20(36-24)10-11-22-28-30(14-23(31)32)26(33)37-22/h3-9,12-13,20,24H,10-11,14H2,1-2H3,(H,31,32)/t20-,24-/m1/s1. The number of rotatable bonds is 8. The van der Waals surface area contributed by atoms with Crippen LogP contribution in [0, 0.1) is 0 Å². The Morgan fingerprint density at radius 1 is 1.14 bits per heavy atom. The highest BCUT2D eigenvalue weighted by molar-refractivity contribution is 6.30. The number of carboxylic acids is 1. The van der Waals surface area contributed by atoms with E-state index in [9.17, 15) is 9.59 Å². The summed E-state index contributed by atoms with van der Waals surface area (Å²) in [6.07, 6.45) is 1.58. The number of ether oxygens (including phenoxy) is 3. The molecule has 0 bridgehead atoms. The average Bonchev–Trinajstić information content (AvgIpc) is 3.47. The number of para-hydroxylation sites is 1. The van der Waals surface area contributed by atoms with Crippen LogP contribution in [-0.2, 0) is 22.5 Å². The second-order valence-electron chi connectivity index (χ2n) is 8.45. The molecule has 0 saturated carbocycles. The van der Waals surface area contributed by atoms with Gasteiger partial charge in [0.1, 0.15) is 12.6 Å². The smallest absolute Gasteiger partial charge is 0.437 e. The number of aliphatic carboxylic acids is 1. The number of benzene rings is 2. The summed E-state index contributed by atoms with van der Waals surface area (Å²) in [4.78, 5) is 23.0. The lowest BCUT2D eigenvalue weighted by atomic mass is 9.98. The molecule has 2 aromatic heterocycles. The summed E-state index contributed by atoms with van der Waals surface area (Å²) < 4.78 is 26.0. The lowest BCUT2D eigenvalue weighted by Crippen LogP contribution is -2.20. The number of nitrogens with zero attached hydrogens (tertiary/aromatic N) is 3. The van der Waals surface area contributed by atoms with Crippen LogP contribution in [0.1, 0.15) is 41.3 Å². The fourth-order valence-electron chi connectivity index (χ4n) is 4.65. The maximum absolute atomic E-state index is 12.0. The number of carboxylic acid groups (broad SMARTS) is 1. The summed E-state index contributed by atoms with van der Waals surface area (Å²) in [5.74, 6) is -0.752. The summed E-state index contributed by atoms with van der Waals surface area (Å²) in [5.41, 5.74) is 3.40. The molecule has 1 aliphatic heterocycles. The zero-order valence-corrected chi connectivity index (χ0v) is 20.8. The molecule has 0 unspecified atom stereocenters. The normalized spacial score (nSPS) is 16.5. The Bertz CT molecular complexity index is 1510. The van der Waals surface area contributed by atoms with Crippen molar-refractivity contribution in [2.75, 3.05) is 14.2 Å². The van der Waals surface area contributed by atoms with Gasteiger partial charge < -0.3 is 28.3 Å². The van der Waals surface area contributed by atoms with E-state index in [1.54, 1.807) is 14.2 Å². The maximum atomic E-state index is 12.0. The van der Waals surface area contributed by atoms with Gasteiger partial charge in [-0.25, -0.2) is 4.79 Å². The highest BCUT2D eigenvalue weighted by atomic mass is 35.5. The van der Waals surface area contributed by atoms with Crippen molar-refractivity contribution in [3.05, 3.63) is 93.0 Å². The zero-order valence-electron chi connectivity index (χ0n) is 20.1. The molecule has 0 radical (unpaired) electrons. The summed E-state index contributed by atoms with van der Waals surface area (Å²) in [7, 11) is 3.15.